The Hall–Kier alpha value is -0.480. The monoisotopic (exact) mass is 229 g/mol. The molecule has 1 aromatic rings. The van der Waals surface area contributed by atoms with Gasteiger partial charge in [-0.25, -0.2) is 9.97 Å². The lowest BCUT2D eigenvalue weighted by Gasteiger charge is -2.24. The molecular formula is C9H12ClN3S. The lowest BCUT2D eigenvalue weighted by Crippen LogP contribution is -2.31. The highest BCUT2D eigenvalue weighted by Gasteiger charge is 2.20. The Morgan fingerprint density at radius 1 is 1.50 bits per heavy atom. The number of aromatic nitrogens is 2. The lowest BCUT2D eigenvalue weighted by atomic mass is 10.2. The molecule has 0 saturated carbocycles. The first kappa shape index (κ1) is 10.1. The normalized spacial score (nSPS) is 21.1. The highest BCUT2D eigenvalue weighted by Crippen LogP contribution is 2.24. The third kappa shape index (κ3) is 2.12. The minimum atomic E-state index is 0.447. The van der Waals surface area contributed by atoms with Crippen LogP contribution in [-0.2, 0) is 0 Å². The van der Waals surface area contributed by atoms with Gasteiger partial charge in [-0.1, -0.05) is 11.6 Å². The van der Waals surface area contributed by atoms with Gasteiger partial charge < -0.3 is 4.90 Å². The summed E-state index contributed by atoms with van der Waals surface area (Å²) in [5.41, 5.74) is 0. The van der Waals surface area contributed by atoms with Crippen molar-refractivity contribution in [2.45, 2.75) is 12.5 Å². The largest absolute Gasteiger partial charge is 0.355 e. The Kier molecular flexibility index (Phi) is 3.13. The van der Waals surface area contributed by atoms with Crippen LogP contribution in [0.2, 0.25) is 5.15 Å². The third-order valence-corrected chi connectivity index (χ3v) is 3.76. The second-order valence-corrected chi connectivity index (χ2v) is 4.86. The summed E-state index contributed by atoms with van der Waals surface area (Å²) >= 11 is 7.67. The van der Waals surface area contributed by atoms with E-state index < -0.39 is 0 Å². The van der Waals surface area contributed by atoms with Crippen molar-refractivity contribution < 1.29 is 0 Å². The second kappa shape index (κ2) is 4.36. The molecule has 0 amide bonds. The maximum absolute atomic E-state index is 5.68. The predicted molar refractivity (Wildman–Crippen MR) is 61.2 cm³/mol. The Bertz CT molecular complexity index is 297. The molecular weight excluding hydrogens is 218 g/mol. The summed E-state index contributed by atoms with van der Waals surface area (Å²) in [5.74, 6) is 3.33. The van der Waals surface area contributed by atoms with E-state index in [-0.39, 0.29) is 0 Å². The molecule has 1 unspecified atom stereocenters. The van der Waals surface area contributed by atoms with E-state index >= 15 is 0 Å². The molecule has 2 heterocycles. The highest BCUT2D eigenvalue weighted by atomic mass is 35.5. The van der Waals surface area contributed by atoms with Crippen molar-refractivity contribution in [1.29, 1.82) is 0 Å². The second-order valence-electron chi connectivity index (χ2n) is 3.33. The smallest absolute Gasteiger partial charge is 0.147 e. The first-order valence-electron chi connectivity index (χ1n) is 4.55. The molecule has 5 heteroatoms. The van der Waals surface area contributed by atoms with E-state index in [4.69, 9.17) is 11.6 Å². The van der Waals surface area contributed by atoms with Crippen molar-refractivity contribution in [3.05, 3.63) is 17.5 Å². The lowest BCUT2D eigenvalue weighted by molar-refractivity contribution is 0.690. The van der Waals surface area contributed by atoms with Crippen molar-refractivity contribution in [1.82, 2.24) is 9.97 Å². The van der Waals surface area contributed by atoms with Crippen LogP contribution in [0, 0.1) is 0 Å². The van der Waals surface area contributed by atoms with Crippen molar-refractivity contribution >= 4 is 29.2 Å². The molecule has 2 rings (SSSR count). The number of anilines is 1. The van der Waals surface area contributed by atoms with Crippen LogP contribution in [-0.4, -0.2) is 34.6 Å². The van der Waals surface area contributed by atoms with Crippen LogP contribution < -0.4 is 4.90 Å². The summed E-state index contributed by atoms with van der Waals surface area (Å²) in [4.78, 5) is 10.5. The molecule has 0 aliphatic carbocycles. The molecule has 0 spiro atoms. The summed E-state index contributed by atoms with van der Waals surface area (Å²) in [7, 11) is 2.06. The number of halogens is 1. The van der Waals surface area contributed by atoms with Crippen LogP contribution in [0.5, 0.6) is 0 Å². The van der Waals surface area contributed by atoms with E-state index in [1.54, 1.807) is 12.4 Å². The first-order valence-corrected chi connectivity index (χ1v) is 6.09. The van der Waals surface area contributed by atoms with E-state index in [9.17, 15) is 0 Å². The fraction of sp³-hybridized carbons (Fsp3) is 0.556. The number of thioether (sulfide) groups is 1. The maximum Gasteiger partial charge on any atom is 0.147 e. The number of hydrogen-bond acceptors (Lipinski definition) is 4. The Balaban J connectivity index is 2.09. The molecule has 1 aromatic heterocycles. The molecule has 1 atom stereocenters. The van der Waals surface area contributed by atoms with E-state index in [2.05, 4.69) is 21.9 Å². The zero-order valence-corrected chi connectivity index (χ0v) is 9.55. The molecule has 1 fully saturated rings. The third-order valence-electron chi connectivity index (χ3n) is 2.42. The van der Waals surface area contributed by atoms with Crippen LogP contribution >= 0.6 is 23.4 Å². The molecule has 0 N–H and O–H groups in total. The van der Waals surface area contributed by atoms with Gasteiger partial charge in [0.1, 0.15) is 11.0 Å². The molecule has 14 heavy (non-hydrogen) atoms. The van der Waals surface area contributed by atoms with Gasteiger partial charge in [0.05, 0.1) is 12.4 Å². The van der Waals surface area contributed by atoms with Gasteiger partial charge >= 0.3 is 0 Å². The topological polar surface area (TPSA) is 29.0 Å². The minimum absolute atomic E-state index is 0.447. The zero-order chi connectivity index (χ0) is 9.97. The Labute approximate surface area is 92.9 Å². The average Bonchev–Trinajstić information content (AvgIpc) is 2.71. The van der Waals surface area contributed by atoms with Crippen molar-refractivity contribution in [2.75, 3.05) is 23.5 Å². The summed E-state index contributed by atoms with van der Waals surface area (Å²) in [6.07, 6.45) is 4.55. The van der Waals surface area contributed by atoms with Gasteiger partial charge in [-0.2, -0.15) is 11.8 Å². The van der Waals surface area contributed by atoms with Crippen molar-refractivity contribution in [3.63, 3.8) is 0 Å². The molecule has 0 radical (unpaired) electrons. The summed E-state index contributed by atoms with van der Waals surface area (Å²) in [5, 5.41) is 0.447. The summed E-state index contributed by atoms with van der Waals surface area (Å²) < 4.78 is 0. The fourth-order valence-electron chi connectivity index (χ4n) is 1.50. The van der Waals surface area contributed by atoms with Crippen molar-refractivity contribution in [3.8, 4) is 0 Å². The van der Waals surface area contributed by atoms with Gasteiger partial charge in [0.15, 0.2) is 0 Å². The maximum atomic E-state index is 5.68. The highest BCUT2D eigenvalue weighted by molar-refractivity contribution is 7.99. The zero-order valence-electron chi connectivity index (χ0n) is 7.98. The average molecular weight is 230 g/mol. The molecule has 1 aliphatic rings. The van der Waals surface area contributed by atoms with Gasteiger partial charge in [0, 0.05) is 18.8 Å². The number of hydrogen-bond donors (Lipinski definition) is 0. The molecule has 1 saturated heterocycles. The van der Waals surface area contributed by atoms with Crippen LogP contribution in [0.1, 0.15) is 6.42 Å². The molecule has 76 valence electrons. The van der Waals surface area contributed by atoms with Crippen LogP contribution in [0.15, 0.2) is 12.4 Å². The van der Waals surface area contributed by atoms with E-state index in [1.165, 1.54) is 17.9 Å². The standard InChI is InChI=1S/C9H12ClN3S/c1-13(7-2-3-14-6-7)9-5-11-8(10)4-12-9/h4-5,7H,2-3,6H2,1H3. The van der Waals surface area contributed by atoms with Crippen LogP contribution in [0.25, 0.3) is 0 Å². The molecule has 3 nitrogen and oxygen atoms in total. The van der Waals surface area contributed by atoms with Gasteiger partial charge in [-0.3, -0.25) is 0 Å². The van der Waals surface area contributed by atoms with E-state index in [0.717, 1.165) is 5.82 Å². The Morgan fingerprint density at radius 3 is 2.93 bits per heavy atom. The SMILES string of the molecule is CN(c1cnc(Cl)cn1)C1CCSC1. The molecule has 0 aromatic carbocycles. The molecule has 1 aliphatic heterocycles. The van der Waals surface area contributed by atoms with Gasteiger partial charge in [-0.05, 0) is 12.2 Å². The number of rotatable bonds is 2. The van der Waals surface area contributed by atoms with Gasteiger partial charge in [0.2, 0.25) is 0 Å². The van der Waals surface area contributed by atoms with E-state index in [1.807, 2.05) is 11.8 Å². The van der Waals surface area contributed by atoms with E-state index in [0.29, 0.717) is 11.2 Å². The van der Waals surface area contributed by atoms with Crippen molar-refractivity contribution in [2.24, 2.45) is 0 Å². The fourth-order valence-corrected chi connectivity index (χ4v) is 2.87. The van der Waals surface area contributed by atoms with Gasteiger partial charge in [0.25, 0.3) is 0 Å². The minimum Gasteiger partial charge on any atom is -0.355 e. The number of nitrogens with zero attached hydrogens (tertiary/aromatic N) is 3. The van der Waals surface area contributed by atoms with Gasteiger partial charge in [-0.15, -0.1) is 0 Å². The first-order chi connectivity index (χ1) is 6.77. The molecule has 0 bridgehead atoms. The quantitative estimate of drug-likeness (QED) is 0.777. The summed E-state index contributed by atoms with van der Waals surface area (Å²) in [6.45, 7) is 0. The van der Waals surface area contributed by atoms with Crippen LogP contribution in [0.4, 0.5) is 5.82 Å². The van der Waals surface area contributed by atoms with Crippen LogP contribution in [0.3, 0.4) is 0 Å². The Morgan fingerprint density at radius 2 is 2.36 bits per heavy atom. The summed E-state index contributed by atoms with van der Waals surface area (Å²) in [6, 6.07) is 0.593. The predicted octanol–water partition coefficient (Wildman–Crippen LogP) is 2.07.